The van der Waals surface area contributed by atoms with Gasteiger partial charge in [-0.3, -0.25) is 4.90 Å². The molecule has 2 aromatic carbocycles. The number of hydrogen-bond donors (Lipinski definition) is 0. The fraction of sp³-hybridized carbons (Fsp3) is 0.318. The Hall–Kier alpha value is -2.26. The fourth-order valence-electron chi connectivity index (χ4n) is 4.06. The zero-order chi connectivity index (χ0) is 18.1. The van der Waals surface area contributed by atoms with Crippen molar-refractivity contribution in [2.75, 3.05) is 0 Å². The summed E-state index contributed by atoms with van der Waals surface area (Å²) in [6, 6.07) is 16.2. The van der Waals surface area contributed by atoms with Crippen LogP contribution in [0.25, 0.3) is 5.57 Å². The summed E-state index contributed by atoms with van der Waals surface area (Å²) in [5, 5.41) is 0.792. The van der Waals surface area contributed by atoms with E-state index in [4.69, 9.17) is 16.3 Å². The molecule has 2 atom stereocenters. The lowest BCUT2D eigenvalue weighted by atomic mass is 9.92. The van der Waals surface area contributed by atoms with Gasteiger partial charge in [0.05, 0.1) is 6.04 Å². The number of fused-ring (bicyclic) bond motifs is 2. The summed E-state index contributed by atoms with van der Waals surface area (Å²) < 4.78 is 5.57. The van der Waals surface area contributed by atoms with Gasteiger partial charge in [0.15, 0.2) is 0 Å². The molecule has 1 fully saturated rings. The Labute approximate surface area is 159 Å². The van der Waals surface area contributed by atoms with E-state index in [0.717, 1.165) is 35.4 Å². The number of halogens is 1. The van der Waals surface area contributed by atoms with E-state index in [-0.39, 0.29) is 18.2 Å². The van der Waals surface area contributed by atoms with Crippen LogP contribution in [0, 0.1) is 6.92 Å². The van der Waals surface area contributed by atoms with Crippen molar-refractivity contribution in [2.24, 2.45) is 0 Å². The Bertz CT molecular complexity index is 846. The molecule has 0 radical (unpaired) electrons. The lowest BCUT2D eigenvalue weighted by molar-refractivity contribution is 0.0832. The quantitative estimate of drug-likeness (QED) is 0.706. The maximum Gasteiger partial charge on any atom is 0.410 e. The molecule has 4 rings (SSSR count). The third-order valence-corrected chi connectivity index (χ3v) is 5.83. The Balaban J connectivity index is 1.50. The molecule has 2 unspecified atom stereocenters. The molecule has 0 aromatic heterocycles. The predicted octanol–water partition coefficient (Wildman–Crippen LogP) is 5.61. The van der Waals surface area contributed by atoms with E-state index in [2.05, 4.69) is 19.1 Å². The number of rotatable bonds is 3. The Morgan fingerprint density at radius 1 is 1.15 bits per heavy atom. The highest BCUT2D eigenvalue weighted by Gasteiger charge is 2.40. The highest BCUT2D eigenvalue weighted by atomic mass is 35.5. The molecule has 3 nitrogen and oxygen atoms in total. The van der Waals surface area contributed by atoms with Crippen LogP contribution in [0.5, 0.6) is 0 Å². The molecule has 26 heavy (non-hydrogen) atoms. The normalized spacial score (nSPS) is 21.5. The van der Waals surface area contributed by atoms with Crippen molar-refractivity contribution in [3.63, 3.8) is 0 Å². The van der Waals surface area contributed by atoms with Crippen LogP contribution in [0.3, 0.4) is 0 Å². The third-order valence-electron chi connectivity index (χ3n) is 5.43. The summed E-state index contributed by atoms with van der Waals surface area (Å²) in [6.07, 6.45) is 4.89. The van der Waals surface area contributed by atoms with Gasteiger partial charge in [0.25, 0.3) is 0 Å². The van der Waals surface area contributed by atoms with Gasteiger partial charge in [-0.25, -0.2) is 4.79 Å². The maximum atomic E-state index is 12.6. The Morgan fingerprint density at radius 2 is 1.96 bits per heavy atom. The molecule has 0 spiro atoms. The number of hydrogen-bond acceptors (Lipinski definition) is 2. The summed E-state index contributed by atoms with van der Waals surface area (Å²) in [6.45, 7) is 2.38. The first-order chi connectivity index (χ1) is 12.6. The molecule has 134 valence electrons. The van der Waals surface area contributed by atoms with Gasteiger partial charge in [-0.1, -0.05) is 60.1 Å². The van der Waals surface area contributed by atoms with Gasteiger partial charge < -0.3 is 4.74 Å². The largest absolute Gasteiger partial charge is 0.445 e. The lowest BCUT2D eigenvalue weighted by Gasteiger charge is -2.33. The number of amides is 1. The minimum Gasteiger partial charge on any atom is -0.445 e. The topological polar surface area (TPSA) is 29.5 Å². The molecule has 2 bridgehead atoms. The van der Waals surface area contributed by atoms with Crippen LogP contribution in [-0.2, 0) is 11.3 Å². The minimum atomic E-state index is -0.209. The summed E-state index contributed by atoms with van der Waals surface area (Å²) in [7, 11) is 0. The molecule has 2 aliphatic heterocycles. The van der Waals surface area contributed by atoms with Crippen molar-refractivity contribution in [3.05, 3.63) is 76.3 Å². The summed E-state index contributed by atoms with van der Waals surface area (Å²) in [5.74, 6) is 0. The van der Waals surface area contributed by atoms with Crippen molar-refractivity contribution in [3.8, 4) is 0 Å². The van der Waals surface area contributed by atoms with Crippen LogP contribution in [-0.4, -0.2) is 23.1 Å². The molecular formula is C22H22ClNO2. The van der Waals surface area contributed by atoms with Crippen LogP contribution >= 0.6 is 11.6 Å². The molecular weight excluding hydrogens is 346 g/mol. The summed E-state index contributed by atoms with van der Waals surface area (Å²) in [5.41, 5.74) is 4.62. The molecule has 2 aliphatic rings. The molecule has 0 aliphatic carbocycles. The van der Waals surface area contributed by atoms with Gasteiger partial charge in [0, 0.05) is 11.1 Å². The van der Waals surface area contributed by atoms with Gasteiger partial charge >= 0.3 is 6.09 Å². The van der Waals surface area contributed by atoms with E-state index in [0.29, 0.717) is 6.61 Å². The van der Waals surface area contributed by atoms with Crippen LogP contribution in [0.15, 0.2) is 54.6 Å². The van der Waals surface area contributed by atoms with Crippen molar-refractivity contribution < 1.29 is 9.53 Å². The van der Waals surface area contributed by atoms with E-state index in [9.17, 15) is 4.79 Å². The van der Waals surface area contributed by atoms with Crippen LogP contribution < -0.4 is 0 Å². The van der Waals surface area contributed by atoms with E-state index in [1.54, 1.807) is 0 Å². The van der Waals surface area contributed by atoms with Gasteiger partial charge in [-0.2, -0.15) is 0 Å². The average Bonchev–Trinajstić information content (AvgIpc) is 2.93. The monoisotopic (exact) mass is 367 g/mol. The number of carbonyl (C=O) groups is 1. The number of nitrogens with zero attached hydrogens (tertiary/aromatic N) is 1. The molecule has 1 saturated heterocycles. The minimum absolute atomic E-state index is 0.116. The molecule has 2 aromatic rings. The smallest absolute Gasteiger partial charge is 0.410 e. The van der Waals surface area contributed by atoms with E-state index >= 15 is 0 Å². The predicted molar refractivity (Wildman–Crippen MR) is 104 cm³/mol. The number of benzene rings is 2. The maximum absolute atomic E-state index is 12.6. The van der Waals surface area contributed by atoms with Crippen LogP contribution in [0.4, 0.5) is 4.79 Å². The molecule has 2 heterocycles. The number of ether oxygens (including phenoxy) is 1. The van der Waals surface area contributed by atoms with Gasteiger partial charge in [0.1, 0.15) is 6.61 Å². The molecule has 4 heteroatoms. The molecule has 1 amide bonds. The highest BCUT2D eigenvalue weighted by molar-refractivity contribution is 6.31. The number of carbonyl (C=O) groups excluding carboxylic acids is 1. The first-order valence-corrected chi connectivity index (χ1v) is 9.46. The molecule has 0 N–H and O–H groups in total. The van der Waals surface area contributed by atoms with Crippen molar-refractivity contribution in [1.82, 2.24) is 4.90 Å². The average molecular weight is 368 g/mol. The first-order valence-electron chi connectivity index (χ1n) is 9.08. The first kappa shape index (κ1) is 17.2. The zero-order valence-corrected chi connectivity index (χ0v) is 15.6. The van der Waals surface area contributed by atoms with E-state index in [1.165, 1.54) is 11.1 Å². The van der Waals surface area contributed by atoms with Gasteiger partial charge in [0.2, 0.25) is 0 Å². The highest BCUT2D eigenvalue weighted by Crippen LogP contribution is 2.40. The third kappa shape index (κ3) is 3.24. The Morgan fingerprint density at radius 3 is 2.73 bits per heavy atom. The Kier molecular flexibility index (Phi) is 4.73. The standard InChI is InChI=1S/C22H22ClNO2/c1-15-20(8-5-9-21(15)23)17-12-18-10-11-19(13-17)24(18)22(25)26-14-16-6-3-2-4-7-16/h2-9,12,18-19H,10-11,13-14H2,1H3. The van der Waals surface area contributed by atoms with Crippen LogP contribution in [0.1, 0.15) is 36.0 Å². The van der Waals surface area contributed by atoms with Crippen molar-refractivity contribution >= 4 is 23.3 Å². The molecule has 0 saturated carbocycles. The summed E-state index contributed by atoms with van der Waals surface area (Å²) in [4.78, 5) is 14.6. The van der Waals surface area contributed by atoms with E-state index in [1.807, 2.05) is 47.4 Å². The van der Waals surface area contributed by atoms with Crippen LogP contribution in [0.2, 0.25) is 5.02 Å². The van der Waals surface area contributed by atoms with Gasteiger partial charge in [-0.15, -0.1) is 0 Å². The SMILES string of the molecule is Cc1c(Cl)cccc1C1=CC2CCC(C1)N2C(=O)OCc1ccccc1. The second kappa shape index (κ2) is 7.16. The second-order valence-corrected chi connectivity index (χ2v) is 7.46. The van der Waals surface area contributed by atoms with Crippen molar-refractivity contribution in [2.45, 2.75) is 44.9 Å². The van der Waals surface area contributed by atoms with Gasteiger partial charge in [-0.05, 0) is 54.5 Å². The second-order valence-electron chi connectivity index (χ2n) is 7.05. The zero-order valence-electron chi connectivity index (χ0n) is 14.8. The van der Waals surface area contributed by atoms with Crippen molar-refractivity contribution in [1.29, 1.82) is 0 Å². The van der Waals surface area contributed by atoms with E-state index < -0.39 is 0 Å². The summed E-state index contributed by atoms with van der Waals surface area (Å²) >= 11 is 6.29. The lowest BCUT2D eigenvalue weighted by Crippen LogP contribution is -2.43. The fourth-order valence-corrected chi connectivity index (χ4v) is 4.24.